The molecular formula is C10H13F3N2O2. The Labute approximate surface area is 96.3 Å². The summed E-state index contributed by atoms with van der Waals surface area (Å²) in [7, 11) is 3.57. The maximum atomic E-state index is 12.5. The van der Waals surface area contributed by atoms with E-state index in [1.165, 1.54) is 4.57 Å². The summed E-state index contributed by atoms with van der Waals surface area (Å²) in [5.74, 6) is -1.57. The summed E-state index contributed by atoms with van der Waals surface area (Å²) in [5, 5.41) is 8.70. The number of carboxylic acid groups (broad SMARTS) is 1. The first-order valence-corrected chi connectivity index (χ1v) is 4.87. The van der Waals surface area contributed by atoms with Crippen molar-refractivity contribution in [3.8, 4) is 0 Å². The van der Waals surface area contributed by atoms with Crippen LogP contribution in [-0.2, 0) is 12.7 Å². The molecule has 0 aliphatic carbocycles. The topological polar surface area (TPSA) is 45.5 Å². The minimum Gasteiger partial charge on any atom is -0.478 e. The molecule has 0 atom stereocenters. The molecule has 7 heteroatoms. The van der Waals surface area contributed by atoms with Crippen molar-refractivity contribution in [2.45, 2.75) is 12.7 Å². The molecule has 0 unspecified atom stereocenters. The predicted molar refractivity (Wildman–Crippen MR) is 54.9 cm³/mol. The third-order valence-corrected chi connectivity index (χ3v) is 2.22. The van der Waals surface area contributed by atoms with Gasteiger partial charge in [0.1, 0.15) is 0 Å². The van der Waals surface area contributed by atoms with Gasteiger partial charge in [-0.3, -0.25) is 0 Å². The third-order valence-electron chi connectivity index (χ3n) is 2.22. The van der Waals surface area contributed by atoms with Crippen LogP contribution in [0.15, 0.2) is 12.4 Å². The zero-order chi connectivity index (χ0) is 13.2. The zero-order valence-corrected chi connectivity index (χ0v) is 9.45. The lowest BCUT2D eigenvalue weighted by Crippen LogP contribution is -2.17. The van der Waals surface area contributed by atoms with Crippen LogP contribution in [0.25, 0.3) is 0 Å². The Kier molecular flexibility index (Phi) is 3.82. The number of alkyl halides is 3. The standard InChI is InChI=1S/C10H13F3N2O2/c1-14(2)3-4-15-5-7(9(16)17)8(6-15)10(11,12)13/h5-6H,3-4H2,1-2H3,(H,16,17). The second kappa shape index (κ2) is 4.79. The van der Waals surface area contributed by atoms with Crippen molar-refractivity contribution in [1.82, 2.24) is 9.47 Å². The van der Waals surface area contributed by atoms with E-state index in [4.69, 9.17) is 5.11 Å². The van der Waals surface area contributed by atoms with Gasteiger partial charge in [-0.2, -0.15) is 13.2 Å². The molecule has 17 heavy (non-hydrogen) atoms. The highest BCUT2D eigenvalue weighted by molar-refractivity contribution is 5.89. The number of carboxylic acids is 1. The van der Waals surface area contributed by atoms with E-state index in [2.05, 4.69) is 0 Å². The fourth-order valence-corrected chi connectivity index (χ4v) is 1.35. The van der Waals surface area contributed by atoms with Crippen molar-refractivity contribution < 1.29 is 23.1 Å². The Hall–Kier alpha value is -1.50. The van der Waals surface area contributed by atoms with E-state index in [0.717, 1.165) is 12.4 Å². The van der Waals surface area contributed by atoms with Gasteiger partial charge in [-0.25, -0.2) is 4.79 Å². The van der Waals surface area contributed by atoms with Crippen molar-refractivity contribution in [2.24, 2.45) is 0 Å². The number of likely N-dealkylation sites (N-methyl/N-ethyl adjacent to an activating group) is 1. The minimum absolute atomic E-state index is 0.309. The number of aromatic nitrogens is 1. The molecule has 0 aromatic carbocycles. The fourth-order valence-electron chi connectivity index (χ4n) is 1.35. The van der Waals surface area contributed by atoms with E-state index < -0.39 is 23.3 Å². The lowest BCUT2D eigenvalue weighted by atomic mass is 10.2. The summed E-state index contributed by atoms with van der Waals surface area (Å²) in [6.45, 7) is 0.842. The van der Waals surface area contributed by atoms with Crippen LogP contribution in [-0.4, -0.2) is 41.2 Å². The van der Waals surface area contributed by atoms with Crippen LogP contribution in [0.4, 0.5) is 13.2 Å². The van der Waals surface area contributed by atoms with Gasteiger partial charge in [0.25, 0.3) is 0 Å². The summed E-state index contributed by atoms with van der Waals surface area (Å²) < 4.78 is 38.8. The quantitative estimate of drug-likeness (QED) is 0.885. The molecule has 4 nitrogen and oxygen atoms in total. The number of hydrogen-bond donors (Lipinski definition) is 1. The van der Waals surface area contributed by atoms with Gasteiger partial charge in [0, 0.05) is 25.5 Å². The van der Waals surface area contributed by atoms with E-state index in [1.54, 1.807) is 19.0 Å². The van der Waals surface area contributed by atoms with Crippen LogP contribution in [0, 0.1) is 0 Å². The van der Waals surface area contributed by atoms with Crippen molar-refractivity contribution in [3.63, 3.8) is 0 Å². The molecule has 0 saturated heterocycles. The molecule has 0 bridgehead atoms. The normalized spacial score (nSPS) is 12.1. The van der Waals surface area contributed by atoms with Gasteiger partial charge in [-0.1, -0.05) is 0 Å². The van der Waals surface area contributed by atoms with Gasteiger partial charge in [0.05, 0.1) is 11.1 Å². The summed E-state index contributed by atoms with van der Waals surface area (Å²) in [6.07, 6.45) is -2.81. The predicted octanol–water partition coefficient (Wildman–Crippen LogP) is 1.77. The molecule has 0 amide bonds. The van der Waals surface area contributed by atoms with Crippen LogP contribution >= 0.6 is 0 Å². The Balaban J connectivity index is 3.01. The second-order valence-electron chi connectivity index (χ2n) is 3.93. The van der Waals surface area contributed by atoms with Gasteiger partial charge >= 0.3 is 12.1 Å². The number of halogens is 3. The zero-order valence-electron chi connectivity index (χ0n) is 9.45. The third kappa shape index (κ3) is 3.48. The second-order valence-corrected chi connectivity index (χ2v) is 3.93. The van der Waals surface area contributed by atoms with E-state index in [-0.39, 0.29) is 0 Å². The van der Waals surface area contributed by atoms with Crippen molar-refractivity contribution in [2.75, 3.05) is 20.6 Å². The lowest BCUT2D eigenvalue weighted by molar-refractivity contribution is -0.138. The summed E-state index contributed by atoms with van der Waals surface area (Å²) in [5.41, 5.74) is -1.82. The number of rotatable bonds is 4. The Morgan fingerprint density at radius 3 is 2.35 bits per heavy atom. The first-order chi connectivity index (χ1) is 7.71. The molecule has 0 spiro atoms. The van der Waals surface area contributed by atoms with Gasteiger partial charge in [0.2, 0.25) is 0 Å². The van der Waals surface area contributed by atoms with Gasteiger partial charge in [-0.15, -0.1) is 0 Å². The SMILES string of the molecule is CN(C)CCn1cc(C(=O)O)c(C(F)(F)F)c1. The molecule has 1 aromatic rings. The lowest BCUT2D eigenvalue weighted by Gasteiger charge is -2.09. The molecule has 0 aliphatic rings. The molecule has 1 aromatic heterocycles. The highest BCUT2D eigenvalue weighted by atomic mass is 19.4. The Morgan fingerprint density at radius 1 is 1.41 bits per heavy atom. The summed E-state index contributed by atoms with van der Waals surface area (Å²) in [6, 6.07) is 0. The van der Waals surface area contributed by atoms with Crippen LogP contribution in [0.5, 0.6) is 0 Å². The minimum atomic E-state index is -4.64. The smallest absolute Gasteiger partial charge is 0.418 e. The van der Waals surface area contributed by atoms with Crippen molar-refractivity contribution >= 4 is 5.97 Å². The van der Waals surface area contributed by atoms with Crippen LogP contribution in [0.2, 0.25) is 0 Å². The van der Waals surface area contributed by atoms with Crippen LogP contribution < -0.4 is 0 Å². The van der Waals surface area contributed by atoms with Gasteiger partial charge in [-0.05, 0) is 14.1 Å². The first kappa shape index (κ1) is 13.6. The molecule has 0 radical (unpaired) electrons. The number of aromatic carboxylic acids is 1. The summed E-state index contributed by atoms with van der Waals surface area (Å²) >= 11 is 0. The van der Waals surface area contributed by atoms with Crippen molar-refractivity contribution in [3.05, 3.63) is 23.5 Å². The molecule has 0 aliphatic heterocycles. The highest BCUT2D eigenvalue weighted by Gasteiger charge is 2.36. The molecule has 0 fully saturated rings. The number of carbonyl (C=O) groups is 1. The average Bonchev–Trinajstić information content (AvgIpc) is 2.57. The number of hydrogen-bond acceptors (Lipinski definition) is 2. The van der Waals surface area contributed by atoms with Gasteiger partial charge < -0.3 is 14.6 Å². The molecular weight excluding hydrogens is 237 g/mol. The largest absolute Gasteiger partial charge is 0.478 e. The fraction of sp³-hybridized carbons (Fsp3) is 0.500. The Bertz CT molecular complexity index is 410. The monoisotopic (exact) mass is 250 g/mol. The molecule has 1 rings (SSSR count). The van der Waals surface area contributed by atoms with E-state index >= 15 is 0 Å². The molecule has 1 N–H and O–H groups in total. The highest BCUT2D eigenvalue weighted by Crippen LogP contribution is 2.32. The average molecular weight is 250 g/mol. The molecule has 1 heterocycles. The first-order valence-electron chi connectivity index (χ1n) is 4.87. The Morgan fingerprint density at radius 2 is 2.00 bits per heavy atom. The van der Waals surface area contributed by atoms with Gasteiger partial charge in [0.15, 0.2) is 0 Å². The van der Waals surface area contributed by atoms with E-state index in [1.807, 2.05) is 0 Å². The van der Waals surface area contributed by atoms with E-state index in [0.29, 0.717) is 13.1 Å². The maximum absolute atomic E-state index is 12.5. The van der Waals surface area contributed by atoms with Crippen LogP contribution in [0.1, 0.15) is 15.9 Å². The summed E-state index contributed by atoms with van der Waals surface area (Å²) in [4.78, 5) is 12.5. The van der Waals surface area contributed by atoms with E-state index in [9.17, 15) is 18.0 Å². The number of nitrogens with zero attached hydrogens (tertiary/aromatic N) is 2. The molecule has 96 valence electrons. The van der Waals surface area contributed by atoms with Crippen molar-refractivity contribution in [1.29, 1.82) is 0 Å². The molecule has 0 saturated carbocycles. The van der Waals surface area contributed by atoms with Crippen LogP contribution in [0.3, 0.4) is 0 Å². The maximum Gasteiger partial charge on any atom is 0.418 e.